The van der Waals surface area contributed by atoms with Crippen molar-refractivity contribution in [1.82, 2.24) is 19.9 Å². The zero-order valence-corrected chi connectivity index (χ0v) is 16.8. The average molecular weight is 430 g/mol. The quantitative estimate of drug-likeness (QED) is 0.354. The number of imide groups is 1. The smallest absolute Gasteiger partial charge is 0.359 e. The molecular weight excluding hydrogens is 416 g/mol. The van der Waals surface area contributed by atoms with Crippen molar-refractivity contribution >= 4 is 39.3 Å². The first kappa shape index (κ1) is 19.0. The monoisotopic (exact) mass is 430 g/mol. The van der Waals surface area contributed by atoms with Gasteiger partial charge < -0.3 is 4.74 Å². The first-order valence-corrected chi connectivity index (χ1v) is 10.2. The van der Waals surface area contributed by atoms with E-state index < -0.39 is 17.8 Å². The molecule has 0 fully saturated rings. The van der Waals surface area contributed by atoms with E-state index in [-0.39, 0.29) is 18.8 Å². The first-order valence-electron chi connectivity index (χ1n) is 9.43. The van der Waals surface area contributed by atoms with Crippen LogP contribution in [0.25, 0.3) is 20.9 Å². The molecule has 0 aliphatic carbocycles. The van der Waals surface area contributed by atoms with Gasteiger partial charge in [0.15, 0.2) is 5.69 Å². The zero-order chi connectivity index (χ0) is 21.4. The number of carbonyl (C=O) groups is 3. The van der Waals surface area contributed by atoms with E-state index in [2.05, 4.69) is 15.0 Å². The van der Waals surface area contributed by atoms with Crippen LogP contribution in [0.5, 0.6) is 0 Å². The van der Waals surface area contributed by atoms with Gasteiger partial charge in [0.2, 0.25) is 0 Å². The number of fused-ring (bicyclic) bond motifs is 2. The van der Waals surface area contributed by atoms with Gasteiger partial charge in [-0.3, -0.25) is 14.5 Å². The average Bonchev–Trinajstić information content (AvgIpc) is 3.34. The summed E-state index contributed by atoms with van der Waals surface area (Å²) in [6, 6.07) is 14.2. The van der Waals surface area contributed by atoms with E-state index in [0.29, 0.717) is 21.8 Å². The number of hydrogen-bond acceptors (Lipinski definition) is 8. The molecule has 8 nitrogen and oxygen atoms in total. The molecule has 9 heteroatoms. The standard InChI is InChI=1S/C22H14N4O4S/c27-20-13-5-1-2-6-14(13)21(28)26(20)11-12-30-22(29)18-17(23-9-10-24-18)19-25-15-7-3-4-8-16(15)31-19/h1-10H,11-12H2. The van der Waals surface area contributed by atoms with E-state index in [1.165, 1.54) is 23.7 Å². The van der Waals surface area contributed by atoms with Crippen molar-refractivity contribution in [2.24, 2.45) is 0 Å². The molecule has 2 aromatic carbocycles. The normalized spacial score (nSPS) is 13.0. The summed E-state index contributed by atoms with van der Waals surface area (Å²) in [5, 5.41) is 0.557. The highest BCUT2D eigenvalue weighted by Gasteiger charge is 2.35. The Morgan fingerprint density at radius 2 is 1.61 bits per heavy atom. The van der Waals surface area contributed by atoms with Crippen LogP contribution in [-0.2, 0) is 4.74 Å². The molecule has 0 radical (unpaired) electrons. The lowest BCUT2D eigenvalue weighted by molar-refractivity contribution is 0.0416. The van der Waals surface area contributed by atoms with E-state index in [4.69, 9.17) is 4.74 Å². The molecule has 0 unspecified atom stereocenters. The lowest BCUT2D eigenvalue weighted by Crippen LogP contribution is -2.33. The Bertz CT molecular complexity index is 1280. The maximum absolute atomic E-state index is 12.7. The highest BCUT2D eigenvalue weighted by atomic mass is 32.1. The largest absolute Gasteiger partial charge is 0.459 e. The molecule has 0 N–H and O–H groups in total. The highest BCUT2D eigenvalue weighted by Crippen LogP contribution is 2.30. The minimum atomic E-state index is -0.695. The molecule has 0 saturated heterocycles. The summed E-state index contributed by atoms with van der Waals surface area (Å²) in [7, 11) is 0. The highest BCUT2D eigenvalue weighted by molar-refractivity contribution is 7.21. The van der Waals surface area contributed by atoms with Crippen molar-refractivity contribution in [3.8, 4) is 10.7 Å². The summed E-state index contributed by atoms with van der Waals surface area (Å²) in [6.45, 7) is -0.199. The van der Waals surface area contributed by atoms with Crippen LogP contribution in [0.15, 0.2) is 60.9 Å². The predicted octanol–water partition coefficient (Wildman–Crippen LogP) is 3.21. The van der Waals surface area contributed by atoms with Gasteiger partial charge in [0.05, 0.1) is 27.9 Å². The molecule has 152 valence electrons. The van der Waals surface area contributed by atoms with Crippen LogP contribution in [0.4, 0.5) is 0 Å². The van der Waals surface area contributed by atoms with Gasteiger partial charge >= 0.3 is 5.97 Å². The van der Waals surface area contributed by atoms with Gasteiger partial charge in [-0.2, -0.15) is 0 Å². The molecule has 2 amide bonds. The van der Waals surface area contributed by atoms with Crippen LogP contribution in [0.1, 0.15) is 31.2 Å². The molecule has 3 heterocycles. The molecule has 0 spiro atoms. The van der Waals surface area contributed by atoms with Crippen LogP contribution in [0, 0.1) is 0 Å². The Labute approximate surface area is 180 Å². The molecule has 0 bridgehead atoms. The van der Waals surface area contributed by atoms with Crippen LogP contribution in [0.3, 0.4) is 0 Å². The number of carbonyl (C=O) groups excluding carboxylic acids is 3. The summed E-state index contributed by atoms with van der Waals surface area (Å²) >= 11 is 1.40. The lowest BCUT2D eigenvalue weighted by Gasteiger charge is -2.13. The summed E-state index contributed by atoms with van der Waals surface area (Å²) < 4.78 is 6.28. The van der Waals surface area contributed by atoms with Crippen LogP contribution < -0.4 is 0 Å². The number of nitrogens with zero attached hydrogens (tertiary/aromatic N) is 4. The molecule has 1 aliphatic heterocycles. The number of ether oxygens (including phenoxy) is 1. The van der Waals surface area contributed by atoms with Crippen molar-refractivity contribution in [2.75, 3.05) is 13.2 Å². The number of esters is 1. The third-order valence-corrected chi connectivity index (χ3v) is 5.86. The number of hydrogen-bond donors (Lipinski definition) is 0. The van der Waals surface area contributed by atoms with Crippen molar-refractivity contribution in [3.63, 3.8) is 0 Å². The van der Waals surface area contributed by atoms with Crippen molar-refractivity contribution in [3.05, 3.63) is 77.7 Å². The van der Waals surface area contributed by atoms with Gasteiger partial charge in [0, 0.05) is 12.4 Å². The lowest BCUT2D eigenvalue weighted by atomic mass is 10.1. The molecule has 5 rings (SSSR count). The molecule has 31 heavy (non-hydrogen) atoms. The number of amides is 2. The van der Waals surface area contributed by atoms with Gasteiger partial charge in [-0.15, -0.1) is 11.3 Å². The molecule has 4 aromatic rings. The van der Waals surface area contributed by atoms with E-state index in [1.54, 1.807) is 24.3 Å². The van der Waals surface area contributed by atoms with E-state index >= 15 is 0 Å². The zero-order valence-electron chi connectivity index (χ0n) is 16.0. The van der Waals surface area contributed by atoms with E-state index in [0.717, 1.165) is 15.1 Å². The van der Waals surface area contributed by atoms with Gasteiger partial charge in [0.1, 0.15) is 17.3 Å². The number of thiazole rings is 1. The first-order chi connectivity index (χ1) is 15.1. The second-order valence-corrected chi connectivity index (χ2v) is 7.71. The molecule has 2 aromatic heterocycles. The van der Waals surface area contributed by atoms with Crippen molar-refractivity contribution in [1.29, 1.82) is 0 Å². The minimum Gasteiger partial charge on any atom is -0.459 e. The molecule has 0 saturated carbocycles. The molecule has 1 aliphatic rings. The van der Waals surface area contributed by atoms with E-state index in [9.17, 15) is 14.4 Å². The molecular formula is C22H14N4O4S. The van der Waals surface area contributed by atoms with Crippen molar-refractivity contribution in [2.45, 2.75) is 0 Å². The summed E-state index contributed by atoms with van der Waals surface area (Å²) in [6.07, 6.45) is 2.88. The Morgan fingerprint density at radius 1 is 0.935 bits per heavy atom. The topological polar surface area (TPSA) is 102 Å². The van der Waals surface area contributed by atoms with Gasteiger partial charge in [-0.25, -0.2) is 19.7 Å². The second kappa shape index (κ2) is 7.69. The van der Waals surface area contributed by atoms with Crippen LogP contribution in [-0.4, -0.2) is 50.8 Å². The van der Waals surface area contributed by atoms with Crippen molar-refractivity contribution < 1.29 is 19.1 Å². The third kappa shape index (κ3) is 3.34. The number of benzene rings is 2. The number of para-hydroxylation sites is 1. The second-order valence-electron chi connectivity index (χ2n) is 6.68. The fourth-order valence-electron chi connectivity index (χ4n) is 3.36. The SMILES string of the molecule is O=C(OCCN1C(=O)c2ccccc2C1=O)c1nccnc1-c1nc2ccccc2s1. The predicted molar refractivity (Wildman–Crippen MR) is 113 cm³/mol. The summed E-state index contributed by atoms with van der Waals surface area (Å²) in [4.78, 5) is 51.5. The van der Waals surface area contributed by atoms with Gasteiger partial charge in [0.25, 0.3) is 11.8 Å². The van der Waals surface area contributed by atoms with Crippen LogP contribution >= 0.6 is 11.3 Å². The number of aromatic nitrogens is 3. The maximum Gasteiger partial charge on any atom is 0.359 e. The number of rotatable bonds is 5. The third-order valence-electron chi connectivity index (χ3n) is 4.81. The van der Waals surface area contributed by atoms with Crippen LogP contribution in [0.2, 0.25) is 0 Å². The Kier molecular flexibility index (Phi) is 4.72. The maximum atomic E-state index is 12.7. The fraction of sp³-hybridized carbons (Fsp3) is 0.0909. The molecule has 0 atom stereocenters. The summed E-state index contributed by atoms with van der Waals surface area (Å²) in [5.74, 6) is -1.49. The Balaban J connectivity index is 1.31. The fourth-order valence-corrected chi connectivity index (χ4v) is 4.32. The Hall–Kier alpha value is -3.98. The van der Waals surface area contributed by atoms with E-state index in [1.807, 2.05) is 24.3 Å². The minimum absolute atomic E-state index is 0.0314. The van der Waals surface area contributed by atoms with Gasteiger partial charge in [-0.05, 0) is 24.3 Å². The summed E-state index contributed by atoms with van der Waals surface area (Å²) in [5.41, 5.74) is 1.87. The Morgan fingerprint density at radius 3 is 2.35 bits per heavy atom. The van der Waals surface area contributed by atoms with Gasteiger partial charge in [-0.1, -0.05) is 24.3 Å².